The van der Waals surface area contributed by atoms with Crippen molar-refractivity contribution in [3.8, 4) is 5.75 Å². The molecule has 15 heavy (non-hydrogen) atoms. The minimum Gasteiger partial charge on any atom is -0.488 e. The van der Waals surface area contributed by atoms with Crippen LogP contribution in [0.3, 0.4) is 0 Å². The Balaban J connectivity index is 1.92. The lowest BCUT2D eigenvalue weighted by molar-refractivity contribution is 0.111. The van der Waals surface area contributed by atoms with E-state index < -0.39 is 0 Å². The van der Waals surface area contributed by atoms with Gasteiger partial charge in [-0.2, -0.15) is 0 Å². The van der Waals surface area contributed by atoms with Crippen molar-refractivity contribution in [3.63, 3.8) is 0 Å². The van der Waals surface area contributed by atoms with Gasteiger partial charge in [-0.3, -0.25) is 4.79 Å². The molecule has 74 valence electrons. The maximum Gasteiger partial charge on any atom is 0.153 e. The molecule has 2 atom stereocenters. The van der Waals surface area contributed by atoms with Crippen LogP contribution in [-0.2, 0) is 4.74 Å². The molecule has 3 heteroatoms. The standard InChI is InChI=1S/C12H8O3/c13-5-6-2-1-3-7-10-8(14-11(6)7)4-9-12(10)15-9/h1-3,5,8,10H,4H2/t8-,10-/m1/s1. The van der Waals surface area contributed by atoms with Gasteiger partial charge in [0.15, 0.2) is 12.0 Å². The van der Waals surface area contributed by atoms with Crippen LogP contribution in [0.15, 0.2) is 29.7 Å². The molecule has 3 aliphatic rings. The van der Waals surface area contributed by atoms with Gasteiger partial charge in [0.2, 0.25) is 0 Å². The monoisotopic (exact) mass is 200 g/mol. The SMILES string of the molecule is O=Cc1cccc2c1O[C@@H]1CC3=C(O3)[C@H]21. The molecule has 2 heterocycles. The summed E-state index contributed by atoms with van der Waals surface area (Å²) in [5.41, 5.74) is 1.75. The first-order valence-corrected chi connectivity index (χ1v) is 5.04. The Morgan fingerprint density at radius 2 is 2.33 bits per heavy atom. The average molecular weight is 200 g/mol. The summed E-state index contributed by atoms with van der Waals surface area (Å²) >= 11 is 0. The van der Waals surface area contributed by atoms with Crippen LogP contribution >= 0.6 is 0 Å². The van der Waals surface area contributed by atoms with E-state index in [1.54, 1.807) is 6.07 Å². The molecule has 4 rings (SSSR count). The summed E-state index contributed by atoms with van der Waals surface area (Å²) in [6.45, 7) is 0. The molecule has 0 bridgehead atoms. The minimum absolute atomic E-state index is 0.167. The second-order valence-corrected chi connectivity index (χ2v) is 4.11. The number of hydrogen-bond acceptors (Lipinski definition) is 3. The first-order valence-electron chi connectivity index (χ1n) is 5.04. The number of benzene rings is 1. The van der Waals surface area contributed by atoms with Crippen molar-refractivity contribution in [1.82, 2.24) is 0 Å². The van der Waals surface area contributed by atoms with E-state index in [1.807, 2.05) is 12.1 Å². The van der Waals surface area contributed by atoms with Gasteiger partial charge in [-0.15, -0.1) is 0 Å². The van der Waals surface area contributed by atoms with Gasteiger partial charge < -0.3 is 9.47 Å². The Morgan fingerprint density at radius 3 is 3.20 bits per heavy atom. The zero-order valence-electron chi connectivity index (χ0n) is 7.90. The van der Waals surface area contributed by atoms with E-state index in [0.717, 1.165) is 35.5 Å². The van der Waals surface area contributed by atoms with Gasteiger partial charge in [-0.25, -0.2) is 0 Å². The van der Waals surface area contributed by atoms with E-state index in [1.165, 1.54) is 0 Å². The molecule has 0 unspecified atom stereocenters. The van der Waals surface area contributed by atoms with Crippen molar-refractivity contribution in [3.05, 3.63) is 40.8 Å². The fourth-order valence-corrected chi connectivity index (χ4v) is 2.61. The highest BCUT2D eigenvalue weighted by atomic mass is 16.6. The lowest BCUT2D eigenvalue weighted by Gasteiger charge is -2.11. The molecular weight excluding hydrogens is 192 g/mol. The molecule has 0 amide bonds. The summed E-state index contributed by atoms with van der Waals surface area (Å²) in [7, 11) is 0. The largest absolute Gasteiger partial charge is 0.488 e. The Kier molecular flexibility index (Phi) is 1.12. The molecule has 0 spiro atoms. The Labute approximate surface area is 86.3 Å². The minimum atomic E-state index is 0.167. The van der Waals surface area contributed by atoms with Crippen LogP contribution in [0, 0.1) is 0 Å². The second kappa shape index (κ2) is 2.24. The third-order valence-corrected chi connectivity index (χ3v) is 3.31. The van der Waals surface area contributed by atoms with Crippen molar-refractivity contribution in [2.75, 3.05) is 0 Å². The van der Waals surface area contributed by atoms with E-state index in [2.05, 4.69) is 0 Å². The van der Waals surface area contributed by atoms with Crippen molar-refractivity contribution in [1.29, 1.82) is 0 Å². The highest BCUT2D eigenvalue weighted by Crippen LogP contribution is 2.57. The average Bonchev–Trinajstić information content (AvgIpc) is 2.77. The van der Waals surface area contributed by atoms with E-state index in [0.29, 0.717) is 5.56 Å². The predicted octanol–water partition coefficient (Wildman–Crippen LogP) is 1.99. The van der Waals surface area contributed by atoms with Crippen molar-refractivity contribution in [2.24, 2.45) is 0 Å². The smallest absolute Gasteiger partial charge is 0.153 e. The summed E-state index contributed by atoms with van der Waals surface area (Å²) in [5, 5.41) is 0. The molecule has 0 fully saturated rings. The van der Waals surface area contributed by atoms with Gasteiger partial charge in [0.25, 0.3) is 0 Å². The van der Waals surface area contributed by atoms with Crippen molar-refractivity contribution in [2.45, 2.75) is 18.4 Å². The molecule has 0 saturated heterocycles. The number of ether oxygens (including phenoxy) is 2. The maximum atomic E-state index is 10.9. The summed E-state index contributed by atoms with van der Waals surface area (Å²) in [4.78, 5) is 10.9. The Hall–Kier alpha value is -1.77. The number of rotatable bonds is 1. The molecule has 0 aromatic heterocycles. The summed E-state index contributed by atoms with van der Waals surface area (Å²) in [5.74, 6) is 3.16. The van der Waals surface area contributed by atoms with E-state index in [9.17, 15) is 4.79 Å². The Morgan fingerprint density at radius 1 is 1.40 bits per heavy atom. The van der Waals surface area contributed by atoms with Crippen molar-refractivity contribution >= 4 is 6.29 Å². The van der Waals surface area contributed by atoms with Gasteiger partial charge >= 0.3 is 0 Å². The summed E-state index contributed by atoms with van der Waals surface area (Å²) < 4.78 is 11.2. The van der Waals surface area contributed by atoms with Crippen LogP contribution < -0.4 is 4.74 Å². The molecule has 0 N–H and O–H groups in total. The molecule has 1 aromatic carbocycles. The quantitative estimate of drug-likeness (QED) is 0.651. The molecule has 3 nitrogen and oxygen atoms in total. The van der Waals surface area contributed by atoms with Crippen LogP contribution in [0.2, 0.25) is 0 Å². The molecule has 1 aromatic rings. The third kappa shape index (κ3) is 0.791. The Bertz CT molecular complexity index is 516. The topological polar surface area (TPSA) is 38.8 Å². The maximum absolute atomic E-state index is 10.9. The van der Waals surface area contributed by atoms with Gasteiger partial charge in [0.1, 0.15) is 17.6 Å². The van der Waals surface area contributed by atoms with E-state index >= 15 is 0 Å². The molecule has 1 aliphatic carbocycles. The highest BCUT2D eigenvalue weighted by molar-refractivity contribution is 5.81. The molecule has 0 saturated carbocycles. The predicted molar refractivity (Wildman–Crippen MR) is 51.7 cm³/mol. The van der Waals surface area contributed by atoms with Gasteiger partial charge in [-0.05, 0) is 6.07 Å². The number of carbonyl (C=O) groups is 1. The fourth-order valence-electron chi connectivity index (χ4n) is 2.61. The zero-order chi connectivity index (χ0) is 9.99. The zero-order valence-corrected chi connectivity index (χ0v) is 7.90. The van der Waals surface area contributed by atoms with Gasteiger partial charge in [-0.1, -0.05) is 12.1 Å². The van der Waals surface area contributed by atoms with Crippen LogP contribution in [0.25, 0.3) is 0 Å². The first-order chi connectivity index (χ1) is 7.38. The number of para-hydroxylation sites is 1. The van der Waals surface area contributed by atoms with E-state index in [4.69, 9.17) is 9.47 Å². The summed E-state index contributed by atoms with van der Waals surface area (Å²) in [6, 6.07) is 5.70. The number of fused-ring (bicyclic) bond motifs is 4. The van der Waals surface area contributed by atoms with Gasteiger partial charge in [0, 0.05) is 12.0 Å². The fraction of sp³-hybridized carbons (Fsp3) is 0.250. The highest BCUT2D eigenvalue weighted by Gasteiger charge is 2.53. The van der Waals surface area contributed by atoms with E-state index in [-0.39, 0.29) is 12.0 Å². The third-order valence-electron chi connectivity index (χ3n) is 3.31. The van der Waals surface area contributed by atoms with Crippen molar-refractivity contribution < 1.29 is 14.3 Å². The van der Waals surface area contributed by atoms with Crippen LogP contribution in [0.1, 0.15) is 28.3 Å². The van der Waals surface area contributed by atoms with Gasteiger partial charge in [0.05, 0.1) is 11.5 Å². The lowest BCUT2D eigenvalue weighted by atomic mass is 9.96. The molecule has 0 radical (unpaired) electrons. The van der Waals surface area contributed by atoms with Crippen LogP contribution in [0.5, 0.6) is 5.75 Å². The number of carbonyl (C=O) groups excluding carboxylic acids is 1. The normalized spacial score (nSPS) is 28.8. The summed E-state index contributed by atoms with van der Waals surface area (Å²) in [6.07, 6.45) is 1.87. The second-order valence-electron chi connectivity index (χ2n) is 4.11. The number of hydrogen-bond donors (Lipinski definition) is 0. The number of aldehydes is 1. The molecular formula is C12H8O3. The molecule has 2 aliphatic heterocycles. The lowest BCUT2D eigenvalue weighted by Crippen LogP contribution is -2.16. The first kappa shape index (κ1) is 7.51. The van der Waals surface area contributed by atoms with Crippen LogP contribution in [-0.4, -0.2) is 12.4 Å². The van der Waals surface area contributed by atoms with Crippen LogP contribution in [0.4, 0.5) is 0 Å².